The van der Waals surface area contributed by atoms with Crippen LogP contribution in [0.4, 0.5) is 0 Å². The molecule has 0 aliphatic carbocycles. The average molecular weight is 432 g/mol. The number of ether oxygens (including phenoxy) is 1. The number of carbonyl (C=O) groups is 1. The largest absolute Gasteiger partial charge is 0.463 e. The summed E-state index contributed by atoms with van der Waals surface area (Å²) in [5.41, 5.74) is 2.86. The Labute approximate surface area is 180 Å². The number of aryl methyl sites for hydroxylation is 2. The van der Waals surface area contributed by atoms with Crippen molar-refractivity contribution in [1.82, 2.24) is 24.9 Å². The number of esters is 1. The second-order valence-electron chi connectivity index (χ2n) is 6.93. The Hall–Kier alpha value is -2.71. The topological polar surface area (TPSA) is 86.3 Å². The standard InChI is InChI=1S/C21H26ClN5O3/c1-5-26(6-2)10-11-29-17(28)13-27-19(18(22)15(4)25-27)21-24-23-20(30-21)16-9-7-8-14(3)12-16/h7-9,12H,5-6,10-11,13H2,1-4H3. The van der Waals surface area contributed by atoms with Gasteiger partial charge in [0.2, 0.25) is 5.89 Å². The Balaban J connectivity index is 1.76. The van der Waals surface area contributed by atoms with Crippen LogP contribution in [-0.4, -0.2) is 57.1 Å². The summed E-state index contributed by atoms with van der Waals surface area (Å²) >= 11 is 6.43. The van der Waals surface area contributed by atoms with Gasteiger partial charge in [-0.05, 0) is 39.1 Å². The number of aromatic nitrogens is 4. The maximum Gasteiger partial charge on any atom is 0.327 e. The Morgan fingerprint density at radius 3 is 2.63 bits per heavy atom. The molecule has 0 atom stereocenters. The van der Waals surface area contributed by atoms with Gasteiger partial charge in [0.1, 0.15) is 18.8 Å². The van der Waals surface area contributed by atoms with Crippen molar-refractivity contribution in [2.75, 3.05) is 26.2 Å². The predicted molar refractivity (Wildman–Crippen MR) is 114 cm³/mol. The molecule has 0 unspecified atom stereocenters. The fraction of sp³-hybridized carbons (Fsp3) is 0.429. The second-order valence-corrected chi connectivity index (χ2v) is 7.31. The maximum atomic E-state index is 12.3. The molecule has 0 saturated heterocycles. The normalized spacial score (nSPS) is 11.3. The number of halogens is 1. The Morgan fingerprint density at radius 1 is 1.20 bits per heavy atom. The second kappa shape index (κ2) is 9.86. The first-order valence-corrected chi connectivity index (χ1v) is 10.3. The SMILES string of the molecule is CCN(CC)CCOC(=O)Cn1nc(C)c(Cl)c1-c1nnc(-c2cccc(C)c2)o1. The minimum Gasteiger partial charge on any atom is -0.463 e. The van der Waals surface area contributed by atoms with Crippen LogP contribution in [-0.2, 0) is 16.1 Å². The molecule has 8 nitrogen and oxygen atoms in total. The number of benzene rings is 1. The first-order chi connectivity index (χ1) is 14.4. The Morgan fingerprint density at radius 2 is 1.93 bits per heavy atom. The molecule has 3 aromatic rings. The number of likely N-dealkylation sites (N-methyl/N-ethyl adjacent to an activating group) is 1. The fourth-order valence-corrected chi connectivity index (χ4v) is 3.30. The van der Waals surface area contributed by atoms with E-state index in [1.54, 1.807) is 6.92 Å². The summed E-state index contributed by atoms with van der Waals surface area (Å²) in [4.78, 5) is 14.5. The molecule has 3 rings (SSSR count). The van der Waals surface area contributed by atoms with Crippen molar-refractivity contribution >= 4 is 17.6 Å². The van der Waals surface area contributed by atoms with Gasteiger partial charge >= 0.3 is 5.97 Å². The molecule has 2 heterocycles. The highest BCUT2D eigenvalue weighted by molar-refractivity contribution is 6.33. The van der Waals surface area contributed by atoms with Crippen LogP contribution >= 0.6 is 11.6 Å². The molecule has 2 aromatic heterocycles. The molecule has 160 valence electrons. The van der Waals surface area contributed by atoms with Gasteiger partial charge in [0.05, 0.1) is 10.7 Å². The molecular formula is C21H26ClN5O3. The third-order valence-electron chi connectivity index (χ3n) is 4.79. The summed E-state index contributed by atoms with van der Waals surface area (Å²) in [5.74, 6) is 0.172. The lowest BCUT2D eigenvalue weighted by atomic mass is 10.1. The van der Waals surface area contributed by atoms with Crippen molar-refractivity contribution in [3.05, 3.63) is 40.5 Å². The molecule has 1 aromatic carbocycles. The summed E-state index contributed by atoms with van der Waals surface area (Å²) in [5, 5.41) is 13.0. The number of hydrogen-bond acceptors (Lipinski definition) is 7. The predicted octanol–water partition coefficient (Wildman–Crippen LogP) is 3.76. The number of hydrogen-bond donors (Lipinski definition) is 0. The van der Waals surface area contributed by atoms with Crippen LogP contribution in [0, 0.1) is 13.8 Å². The minimum absolute atomic E-state index is 0.0939. The molecule has 30 heavy (non-hydrogen) atoms. The molecule has 0 fully saturated rings. The Bertz CT molecular complexity index is 1010. The van der Waals surface area contributed by atoms with Crippen LogP contribution in [0.1, 0.15) is 25.1 Å². The molecule has 9 heteroatoms. The van der Waals surface area contributed by atoms with Gasteiger partial charge in [-0.1, -0.05) is 43.1 Å². The van der Waals surface area contributed by atoms with E-state index in [1.165, 1.54) is 4.68 Å². The van der Waals surface area contributed by atoms with E-state index >= 15 is 0 Å². The van der Waals surface area contributed by atoms with E-state index in [9.17, 15) is 4.79 Å². The number of nitrogens with zero attached hydrogens (tertiary/aromatic N) is 5. The van der Waals surface area contributed by atoms with Crippen molar-refractivity contribution in [2.24, 2.45) is 0 Å². The van der Waals surface area contributed by atoms with Crippen molar-refractivity contribution in [3.8, 4) is 23.0 Å². The molecule has 0 amide bonds. The Kier molecular flexibility index (Phi) is 7.23. The fourth-order valence-electron chi connectivity index (χ4n) is 3.09. The van der Waals surface area contributed by atoms with E-state index in [2.05, 4.69) is 34.0 Å². The number of carbonyl (C=O) groups excluding carboxylic acids is 1. The highest BCUT2D eigenvalue weighted by Gasteiger charge is 2.23. The summed E-state index contributed by atoms with van der Waals surface area (Å²) in [6.45, 7) is 10.6. The molecule has 0 aliphatic rings. The highest BCUT2D eigenvalue weighted by Crippen LogP contribution is 2.31. The van der Waals surface area contributed by atoms with Gasteiger partial charge < -0.3 is 14.1 Å². The van der Waals surface area contributed by atoms with Gasteiger partial charge in [-0.2, -0.15) is 5.10 Å². The lowest BCUT2D eigenvalue weighted by Gasteiger charge is -2.17. The molecule has 0 bridgehead atoms. The monoisotopic (exact) mass is 431 g/mol. The zero-order valence-electron chi connectivity index (χ0n) is 17.7. The van der Waals surface area contributed by atoms with Crippen LogP contribution in [0.15, 0.2) is 28.7 Å². The smallest absolute Gasteiger partial charge is 0.327 e. The molecule has 0 aliphatic heterocycles. The van der Waals surface area contributed by atoms with Crippen LogP contribution in [0.5, 0.6) is 0 Å². The quantitative estimate of drug-likeness (QED) is 0.477. The zero-order valence-corrected chi connectivity index (χ0v) is 18.4. The molecule has 0 spiro atoms. The van der Waals surface area contributed by atoms with Gasteiger partial charge in [0, 0.05) is 12.1 Å². The summed E-state index contributed by atoms with van der Waals surface area (Å²) in [6.07, 6.45) is 0. The molecule has 0 saturated carbocycles. The van der Waals surface area contributed by atoms with Gasteiger partial charge in [-0.15, -0.1) is 10.2 Å². The molecule has 0 N–H and O–H groups in total. The lowest BCUT2D eigenvalue weighted by molar-refractivity contribution is -0.144. The van der Waals surface area contributed by atoms with E-state index in [-0.39, 0.29) is 12.4 Å². The van der Waals surface area contributed by atoms with Gasteiger partial charge in [-0.25, -0.2) is 4.68 Å². The third kappa shape index (κ3) is 5.06. The van der Waals surface area contributed by atoms with Gasteiger partial charge in [0.15, 0.2) is 0 Å². The van der Waals surface area contributed by atoms with Crippen molar-refractivity contribution in [3.63, 3.8) is 0 Å². The van der Waals surface area contributed by atoms with E-state index in [1.807, 2.05) is 31.2 Å². The van der Waals surface area contributed by atoms with Crippen molar-refractivity contribution in [1.29, 1.82) is 0 Å². The lowest BCUT2D eigenvalue weighted by Crippen LogP contribution is -2.28. The third-order valence-corrected chi connectivity index (χ3v) is 5.24. The van der Waals surface area contributed by atoms with E-state index in [4.69, 9.17) is 20.8 Å². The van der Waals surface area contributed by atoms with Crippen molar-refractivity contribution < 1.29 is 13.9 Å². The number of rotatable bonds is 9. The first-order valence-electron chi connectivity index (χ1n) is 9.94. The van der Waals surface area contributed by atoms with E-state index in [0.717, 1.165) is 24.2 Å². The summed E-state index contributed by atoms with van der Waals surface area (Å²) < 4.78 is 12.6. The van der Waals surface area contributed by atoms with E-state index in [0.29, 0.717) is 35.5 Å². The highest BCUT2D eigenvalue weighted by atomic mass is 35.5. The van der Waals surface area contributed by atoms with Crippen LogP contribution in [0.3, 0.4) is 0 Å². The minimum atomic E-state index is -0.402. The van der Waals surface area contributed by atoms with Crippen LogP contribution in [0.25, 0.3) is 23.0 Å². The zero-order chi connectivity index (χ0) is 21.7. The van der Waals surface area contributed by atoms with Gasteiger partial charge in [-0.3, -0.25) is 4.79 Å². The summed E-state index contributed by atoms with van der Waals surface area (Å²) in [6, 6.07) is 7.75. The molecule has 0 radical (unpaired) electrons. The van der Waals surface area contributed by atoms with Gasteiger partial charge in [0.25, 0.3) is 5.89 Å². The average Bonchev–Trinajstić information content (AvgIpc) is 3.30. The molecular weight excluding hydrogens is 406 g/mol. The van der Waals surface area contributed by atoms with E-state index < -0.39 is 5.97 Å². The first kappa shape index (κ1) is 22.0. The van der Waals surface area contributed by atoms with Crippen LogP contribution < -0.4 is 0 Å². The van der Waals surface area contributed by atoms with Crippen molar-refractivity contribution in [2.45, 2.75) is 34.2 Å². The maximum absolute atomic E-state index is 12.3. The van der Waals surface area contributed by atoms with Crippen LogP contribution in [0.2, 0.25) is 5.02 Å². The summed E-state index contributed by atoms with van der Waals surface area (Å²) in [7, 11) is 0.